The second-order valence-electron chi connectivity index (χ2n) is 7.00. The number of amides is 1. The first-order valence-corrected chi connectivity index (χ1v) is 11.7. The van der Waals surface area contributed by atoms with E-state index in [1.807, 2.05) is 25.7 Å². The number of nitrogens with one attached hydrogen (secondary N) is 2. The van der Waals surface area contributed by atoms with Crippen LogP contribution in [0.1, 0.15) is 39.3 Å². The van der Waals surface area contributed by atoms with E-state index >= 15 is 0 Å². The smallest absolute Gasteiger partial charge is 0.222 e. The molecule has 2 rings (SSSR count). The predicted octanol–water partition coefficient (Wildman–Crippen LogP) is 0.392. The van der Waals surface area contributed by atoms with Gasteiger partial charge >= 0.3 is 0 Å². The molecule has 0 spiro atoms. The van der Waals surface area contributed by atoms with Crippen molar-refractivity contribution in [3.8, 4) is 0 Å². The summed E-state index contributed by atoms with van der Waals surface area (Å²) in [7, 11) is -3.44. The van der Waals surface area contributed by atoms with Crippen LogP contribution in [-0.2, 0) is 20.6 Å². The summed E-state index contributed by atoms with van der Waals surface area (Å²) in [5.74, 6) is 0.531. The van der Waals surface area contributed by atoms with Gasteiger partial charge in [-0.3, -0.25) is 9.79 Å². The molecular weight excluding hydrogens is 396 g/mol. The highest BCUT2D eigenvalue weighted by Gasteiger charge is 2.29. The molecule has 2 heterocycles. The highest BCUT2D eigenvalue weighted by Crippen LogP contribution is 2.13. The van der Waals surface area contributed by atoms with E-state index in [-0.39, 0.29) is 17.7 Å². The molecule has 1 unspecified atom stereocenters. The molecule has 1 aliphatic heterocycles. The van der Waals surface area contributed by atoms with Gasteiger partial charge in [-0.1, -0.05) is 12.1 Å². The SMILES string of the molecule is CCNC(=NCCC(=O)NC(C)CC)N1CCN(S(=O)(=O)Cc2ccon2)CC1. The lowest BCUT2D eigenvalue weighted by molar-refractivity contribution is -0.121. The van der Waals surface area contributed by atoms with Crippen molar-refractivity contribution in [3.05, 3.63) is 18.0 Å². The molecule has 2 N–H and O–H groups in total. The summed E-state index contributed by atoms with van der Waals surface area (Å²) in [4.78, 5) is 18.5. The molecular formula is C18H32N6O4S. The fraction of sp³-hybridized carbons (Fsp3) is 0.722. The van der Waals surface area contributed by atoms with E-state index in [4.69, 9.17) is 4.52 Å². The van der Waals surface area contributed by atoms with Gasteiger partial charge in [-0.2, -0.15) is 4.31 Å². The molecule has 0 aromatic carbocycles. The summed E-state index contributed by atoms with van der Waals surface area (Å²) in [6, 6.07) is 1.72. The van der Waals surface area contributed by atoms with Crippen LogP contribution in [0.2, 0.25) is 0 Å². The summed E-state index contributed by atoms with van der Waals surface area (Å²) >= 11 is 0. The molecule has 1 fully saturated rings. The fourth-order valence-electron chi connectivity index (χ4n) is 2.91. The Labute approximate surface area is 172 Å². The highest BCUT2D eigenvalue weighted by atomic mass is 32.2. The minimum atomic E-state index is -3.44. The van der Waals surface area contributed by atoms with Crippen molar-refractivity contribution >= 4 is 21.9 Å². The Kier molecular flexibility index (Phi) is 8.90. The second-order valence-corrected chi connectivity index (χ2v) is 8.96. The van der Waals surface area contributed by atoms with Crippen LogP contribution in [0.5, 0.6) is 0 Å². The van der Waals surface area contributed by atoms with Crippen LogP contribution in [0.4, 0.5) is 0 Å². The number of aromatic nitrogens is 1. The van der Waals surface area contributed by atoms with Gasteiger partial charge in [-0.15, -0.1) is 0 Å². The molecule has 0 radical (unpaired) electrons. The predicted molar refractivity (Wildman–Crippen MR) is 111 cm³/mol. The lowest BCUT2D eigenvalue weighted by atomic mass is 10.2. The van der Waals surface area contributed by atoms with Crippen LogP contribution in [0.25, 0.3) is 0 Å². The minimum absolute atomic E-state index is 0.0114. The van der Waals surface area contributed by atoms with E-state index < -0.39 is 10.0 Å². The average Bonchev–Trinajstić information content (AvgIpc) is 3.19. The zero-order valence-corrected chi connectivity index (χ0v) is 18.2. The number of guanidine groups is 1. The number of aliphatic imine (C=N–C) groups is 1. The van der Waals surface area contributed by atoms with Gasteiger partial charge in [0, 0.05) is 51.3 Å². The van der Waals surface area contributed by atoms with Gasteiger partial charge in [-0.25, -0.2) is 8.42 Å². The molecule has 1 aromatic heterocycles. The van der Waals surface area contributed by atoms with E-state index in [1.54, 1.807) is 6.07 Å². The molecule has 29 heavy (non-hydrogen) atoms. The third-order valence-corrected chi connectivity index (χ3v) is 6.52. The Balaban J connectivity index is 1.87. The standard InChI is InChI=1S/C18H32N6O4S/c1-4-15(3)21-17(25)6-8-20-18(19-5-2)23-9-11-24(12-10-23)29(26,27)14-16-7-13-28-22-16/h7,13,15H,4-6,8-12,14H2,1-3H3,(H,19,20)(H,21,25). The monoisotopic (exact) mass is 428 g/mol. The second kappa shape index (κ2) is 11.1. The summed E-state index contributed by atoms with van der Waals surface area (Å²) in [5, 5.41) is 9.83. The lowest BCUT2D eigenvalue weighted by Gasteiger charge is -2.35. The Hall–Kier alpha value is -2.14. The number of carbonyl (C=O) groups is 1. The number of piperazine rings is 1. The normalized spacial score (nSPS) is 17.2. The minimum Gasteiger partial charge on any atom is -0.364 e. The van der Waals surface area contributed by atoms with E-state index in [1.165, 1.54) is 10.6 Å². The van der Waals surface area contributed by atoms with Crippen LogP contribution in [-0.4, -0.2) is 80.0 Å². The van der Waals surface area contributed by atoms with Crippen LogP contribution in [0.3, 0.4) is 0 Å². The van der Waals surface area contributed by atoms with Crippen molar-refractivity contribution in [2.75, 3.05) is 39.3 Å². The number of nitrogens with zero attached hydrogens (tertiary/aromatic N) is 4. The molecule has 11 heteroatoms. The highest BCUT2D eigenvalue weighted by molar-refractivity contribution is 7.88. The maximum atomic E-state index is 12.6. The maximum absolute atomic E-state index is 12.6. The Bertz CT molecular complexity index is 757. The largest absolute Gasteiger partial charge is 0.364 e. The van der Waals surface area contributed by atoms with Crippen molar-refractivity contribution in [1.29, 1.82) is 0 Å². The molecule has 0 saturated carbocycles. The van der Waals surface area contributed by atoms with E-state index in [0.717, 1.165) is 6.42 Å². The van der Waals surface area contributed by atoms with Crippen LogP contribution < -0.4 is 10.6 Å². The Morgan fingerprint density at radius 3 is 2.62 bits per heavy atom. The van der Waals surface area contributed by atoms with Gasteiger partial charge in [0.1, 0.15) is 12.0 Å². The third kappa shape index (κ3) is 7.32. The molecule has 10 nitrogen and oxygen atoms in total. The number of sulfonamides is 1. The third-order valence-electron chi connectivity index (χ3n) is 4.71. The zero-order valence-electron chi connectivity index (χ0n) is 17.4. The fourth-order valence-corrected chi connectivity index (χ4v) is 4.33. The Morgan fingerprint density at radius 2 is 2.03 bits per heavy atom. The summed E-state index contributed by atoms with van der Waals surface area (Å²) in [6.07, 6.45) is 2.58. The molecule has 1 saturated heterocycles. The van der Waals surface area contributed by atoms with E-state index in [2.05, 4.69) is 20.8 Å². The maximum Gasteiger partial charge on any atom is 0.222 e. The molecule has 1 aliphatic rings. The molecule has 1 amide bonds. The van der Waals surface area contributed by atoms with Crippen LogP contribution >= 0.6 is 0 Å². The molecule has 1 aromatic rings. The molecule has 0 bridgehead atoms. The van der Waals surface area contributed by atoms with Gasteiger partial charge in [0.15, 0.2) is 5.96 Å². The summed E-state index contributed by atoms with van der Waals surface area (Å²) in [5.41, 5.74) is 0.401. The van der Waals surface area contributed by atoms with Gasteiger partial charge in [0.05, 0.1) is 12.2 Å². The average molecular weight is 429 g/mol. The van der Waals surface area contributed by atoms with Crippen molar-refractivity contribution in [2.45, 2.75) is 45.4 Å². The van der Waals surface area contributed by atoms with Crippen LogP contribution in [0.15, 0.2) is 21.8 Å². The van der Waals surface area contributed by atoms with Gasteiger partial charge in [0.25, 0.3) is 0 Å². The number of rotatable bonds is 9. The van der Waals surface area contributed by atoms with Gasteiger partial charge < -0.3 is 20.1 Å². The van der Waals surface area contributed by atoms with E-state index in [9.17, 15) is 13.2 Å². The van der Waals surface area contributed by atoms with Crippen molar-refractivity contribution in [1.82, 2.24) is 25.0 Å². The number of carbonyl (C=O) groups excluding carboxylic acids is 1. The number of hydrogen-bond acceptors (Lipinski definition) is 6. The van der Waals surface area contributed by atoms with Gasteiger partial charge in [0.2, 0.25) is 15.9 Å². The first-order chi connectivity index (χ1) is 13.9. The zero-order chi connectivity index (χ0) is 21.3. The quantitative estimate of drug-likeness (QED) is 0.431. The molecule has 0 aliphatic carbocycles. The van der Waals surface area contributed by atoms with E-state index in [0.29, 0.717) is 57.3 Å². The molecule has 1 atom stereocenters. The number of hydrogen-bond donors (Lipinski definition) is 2. The first kappa shape index (κ1) is 23.1. The lowest BCUT2D eigenvalue weighted by Crippen LogP contribution is -2.54. The van der Waals surface area contributed by atoms with Crippen molar-refractivity contribution in [2.24, 2.45) is 4.99 Å². The first-order valence-electron chi connectivity index (χ1n) is 10.1. The van der Waals surface area contributed by atoms with Crippen LogP contribution in [0, 0.1) is 0 Å². The van der Waals surface area contributed by atoms with Crippen molar-refractivity contribution in [3.63, 3.8) is 0 Å². The summed E-state index contributed by atoms with van der Waals surface area (Å²) in [6.45, 7) is 8.87. The Morgan fingerprint density at radius 1 is 1.31 bits per heavy atom. The topological polar surface area (TPSA) is 120 Å². The van der Waals surface area contributed by atoms with Crippen molar-refractivity contribution < 1.29 is 17.7 Å². The summed E-state index contributed by atoms with van der Waals surface area (Å²) < 4.78 is 31.3. The van der Waals surface area contributed by atoms with Gasteiger partial charge in [-0.05, 0) is 20.3 Å². The molecule has 164 valence electrons.